The molecule has 1 aromatic carbocycles. The highest BCUT2D eigenvalue weighted by molar-refractivity contribution is 6.32. The summed E-state index contributed by atoms with van der Waals surface area (Å²) in [5.74, 6) is 1.39. The summed E-state index contributed by atoms with van der Waals surface area (Å²) in [7, 11) is 1.61. The van der Waals surface area contributed by atoms with Crippen LogP contribution in [0.3, 0.4) is 0 Å². The molecule has 0 N–H and O–H groups in total. The molecule has 0 aliphatic heterocycles. The SMILES string of the molecule is COc1cncc(COc2ccc(C(C)(C)C)cc2Cl)c1. The highest BCUT2D eigenvalue weighted by Crippen LogP contribution is 2.31. The summed E-state index contributed by atoms with van der Waals surface area (Å²) in [5.41, 5.74) is 2.19. The lowest BCUT2D eigenvalue weighted by atomic mass is 9.87. The van der Waals surface area contributed by atoms with Gasteiger partial charge in [0.15, 0.2) is 0 Å². The molecule has 0 saturated carbocycles. The molecule has 0 saturated heterocycles. The van der Waals surface area contributed by atoms with Crippen LogP contribution in [-0.4, -0.2) is 12.1 Å². The Labute approximate surface area is 130 Å². The summed E-state index contributed by atoms with van der Waals surface area (Å²) < 4.78 is 10.9. The highest BCUT2D eigenvalue weighted by Gasteiger charge is 2.15. The molecule has 0 radical (unpaired) electrons. The number of hydrogen-bond acceptors (Lipinski definition) is 3. The molecule has 1 aromatic heterocycles. The first kappa shape index (κ1) is 15.6. The zero-order valence-corrected chi connectivity index (χ0v) is 13.6. The molecule has 2 rings (SSSR count). The Hall–Kier alpha value is -1.74. The lowest BCUT2D eigenvalue weighted by Gasteiger charge is -2.20. The van der Waals surface area contributed by atoms with E-state index in [0.717, 1.165) is 5.56 Å². The molecule has 0 bridgehead atoms. The van der Waals surface area contributed by atoms with Gasteiger partial charge in [-0.3, -0.25) is 4.98 Å². The molecule has 0 aliphatic carbocycles. The number of hydrogen-bond donors (Lipinski definition) is 0. The third-order valence-electron chi connectivity index (χ3n) is 3.20. The molecule has 0 spiro atoms. The summed E-state index contributed by atoms with van der Waals surface area (Å²) in [6, 6.07) is 7.81. The Balaban J connectivity index is 2.10. The van der Waals surface area contributed by atoms with Gasteiger partial charge >= 0.3 is 0 Å². The predicted molar refractivity (Wildman–Crippen MR) is 85.3 cm³/mol. The first-order chi connectivity index (χ1) is 9.90. The maximum atomic E-state index is 6.29. The Morgan fingerprint density at radius 3 is 2.52 bits per heavy atom. The maximum absolute atomic E-state index is 6.29. The van der Waals surface area contributed by atoms with Gasteiger partial charge in [-0.2, -0.15) is 0 Å². The van der Waals surface area contributed by atoms with Crippen molar-refractivity contribution in [3.8, 4) is 11.5 Å². The van der Waals surface area contributed by atoms with Crippen molar-refractivity contribution < 1.29 is 9.47 Å². The first-order valence-corrected chi connectivity index (χ1v) is 7.18. The van der Waals surface area contributed by atoms with Gasteiger partial charge in [0.05, 0.1) is 18.3 Å². The van der Waals surface area contributed by atoms with E-state index in [-0.39, 0.29) is 5.41 Å². The van der Waals surface area contributed by atoms with E-state index in [1.165, 1.54) is 5.56 Å². The lowest BCUT2D eigenvalue weighted by Crippen LogP contribution is -2.10. The molecule has 2 aromatic rings. The fraction of sp³-hybridized carbons (Fsp3) is 0.353. The van der Waals surface area contributed by atoms with Crippen LogP contribution in [0, 0.1) is 0 Å². The van der Waals surface area contributed by atoms with Crippen LogP contribution in [0.5, 0.6) is 11.5 Å². The van der Waals surface area contributed by atoms with Gasteiger partial charge in [0.2, 0.25) is 0 Å². The standard InChI is InChI=1S/C17H20ClNO2/c1-17(2,3)13-5-6-16(15(18)8-13)21-11-12-7-14(20-4)10-19-9-12/h5-10H,11H2,1-4H3. The van der Waals surface area contributed by atoms with Crippen molar-refractivity contribution in [3.63, 3.8) is 0 Å². The molecule has 3 nitrogen and oxygen atoms in total. The van der Waals surface area contributed by atoms with Crippen molar-refractivity contribution in [2.75, 3.05) is 7.11 Å². The van der Waals surface area contributed by atoms with Gasteiger partial charge < -0.3 is 9.47 Å². The van der Waals surface area contributed by atoms with E-state index in [2.05, 4.69) is 25.8 Å². The molecule has 0 atom stereocenters. The Morgan fingerprint density at radius 1 is 1.14 bits per heavy atom. The molecule has 0 amide bonds. The summed E-state index contributed by atoms with van der Waals surface area (Å²) in [5, 5.41) is 0.623. The molecular weight excluding hydrogens is 286 g/mol. The number of pyridine rings is 1. The average Bonchev–Trinajstić information content (AvgIpc) is 2.45. The third-order valence-corrected chi connectivity index (χ3v) is 3.49. The fourth-order valence-electron chi connectivity index (χ4n) is 1.90. The quantitative estimate of drug-likeness (QED) is 0.826. The van der Waals surface area contributed by atoms with Gasteiger partial charge in [0, 0.05) is 11.8 Å². The van der Waals surface area contributed by atoms with Crippen LogP contribution in [0.15, 0.2) is 36.7 Å². The molecule has 4 heteroatoms. The van der Waals surface area contributed by atoms with Crippen LogP contribution in [-0.2, 0) is 12.0 Å². The minimum Gasteiger partial charge on any atom is -0.495 e. The van der Waals surface area contributed by atoms with Crippen LogP contribution in [0.2, 0.25) is 5.02 Å². The number of rotatable bonds is 4. The van der Waals surface area contributed by atoms with E-state index in [1.54, 1.807) is 19.5 Å². The van der Waals surface area contributed by atoms with Crippen molar-refractivity contribution in [2.45, 2.75) is 32.8 Å². The van der Waals surface area contributed by atoms with Gasteiger partial charge in [-0.15, -0.1) is 0 Å². The Kier molecular flexibility index (Phi) is 4.73. The molecule has 0 unspecified atom stereocenters. The number of methoxy groups -OCH3 is 1. The number of benzene rings is 1. The van der Waals surface area contributed by atoms with Crippen molar-refractivity contribution in [1.29, 1.82) is 0 Å². The highest BCUT2D eigenvalue weighted by atomic mass is 35.5. The van der Waals surface area contributed by atoms with E-state index < -0.39 is 0 Å². The summed E-state index contributed by atoms with van der Waals surface area (Å²) >= 11 is 6.29. The number of nitrogens with zero attached hydrogens (tertiary/aromatic N) is 1. The van der Waals surface area contributed by atoms with E-state index in [0.29, 0.717) is 23.1 Å². The van der Waals surface area contributed by atoms with Crippen LogP contribution in [0.1, 0.15) is 31.9 Å². The van der Waals surface area contributed by atoms with Crippen molar-refractivity contribution in [2.24, 2.45) is 0 Å². The minimum atomic E-state index is 0.0683. The summed E-state index contributed by atoms with van der Waals surface area (Å²) in [4.78, 5) is 4.10. The van der Waals surface area contributed by atoms with Crippen LogP contribution < -0.4 is 9.47 Å². The zero-order chi connectivity index (χ0) is 15.5. The maximum Gasteiger partial charge on any atom is 0.138 e. The Morgan fingerprint density at radius 2 is 1.90 bits per heavy atom. The van der Waals surface area contributed by atoms with E-state index in [4.69, 9.17) is 21.1 Å². The minimum absolute atomic E-state index is 0.0683. The summed E-state index contributed by atoms with van der Waals surface area (Å²) in [6.07, 6.45) is 3.41. The average molecular weight is 306 g/mol. The zero-order valence-electron chi connectivity index (χ0n) is 12.8. The molecule has 0 fully saturated rings. The van der Waals surface area contributed by atoms with Gasteiger partial charge in [-0.05, 0) is 29.2 Å². The molecular formula is C17H20ClNO2. The first-order valence-electron chi connectivity index (χ1n) is 6.81. The predicted octanol–water partition coefficient (Wildman–Crippen LogP) is 4.62. The second kappa shape index (κ2) is 6.35. The lowest BCUT2D eigenvalue weighted by molar-refractivity contribution is 0.304. The second-order valence-corrected chi connectivity index (χ2v) is 6.32. The third kappa shape index (κ3) is 4.11. The Bertz CT molecular complexity index is 620. The topological polar surface area (TPSA) is 31.4 Å². The van der Waals surface area contributed by atoms with Gasteiger partial charge in [-0.25, -0.2) is 0 Å². The number of halogens is 1. The molecule has 1 heterocycles. The van der Waals surface area contributed by atoms with Crippen molar-refractivity contribution in [3.05, 3.63) is 52.8 Å². The van der Waals surface area contributed by atoms with Gasteiger partial charge in [0.25, 0.3) is 0 Å². The van der Waals surface area contributed by atoms with Gasteiger partial charge in [-0.1, -0.05) is 38.4 Å². The number of aromatic nitrogens is 1. The second-order valence-electron chi connectivity index (χ2n) is 5.92. The fourth-order valence-corrected chi connectivity index (χ4v) is 2.13. The largest absolute Gasteiger partial charge is 0.495 e. The number of ether oxygens (including phenoxy) is 2. The normalized spacial score (nSPS) is 11.3. The smallest absolute Gasteiger partial charge is 0.138 e. The van der Waals surface area contributed by atoms with E-state index in [9.17, 15) is 0 Å². The van der Waals surface area contributed by atoms with E-state index >= 15 is 0 Å². The van der Waals surface area contributed by atoms with Crippen LogP contribution in [0.25, 0.3) is 0 Å². The molecule has 21 heavy (non-hydrogen) atoms. The van der Waals surface area contributed by atoms with Crippen LogP contribution in [0.4, 0.5) is 0 Å². The van der Waals surface area contributed by atoms with Gasteiger partial charge in [0.1, 0.15) is 18.1 Å². The monoisotopic (exact) mass is 305 g/mol. The molecule has 112 valence electrons. The molecule has 0 aliphatic rings. The van der Waals surface area contributed by atoms with Crippen molar-refractivity contribution in [1.82, 2.24) is 4.98 Å². The summed E-state index contributed by atoms with van der Waals surface area (Å²) in [6.45, 7) is 6.86. The van der Waals surface area contributed by atoms with E-state index in [1.807, 2.05) is 24.3 Å². The van der Waals surface area contributed by atoms with Crippen LogP contribution >= 0.6 is 11.6 Å². The van der Waals surface area contributed by atoms with Crippen molar-refractivity contribution >= 4 is 11.6 Å².